The van der Waals surface area contributed by atoms with Gasteiger partial charge in [0, 0.05) is 18.9 Å². The minimum Gasteiger partial charge on any atom is -0.326 e. The number of aromatic nitrogens is 1. The smallest absolute Gasteiger partial charge is 0.233 e. The summed E-state index contributed by atoms with van der Waals surface area (Å²) in [4.78, 5) is 3.90. The molecule has 0 saturated heterocycles. The minimum absolute atomic E-state index is 0.0237. The molecule has 0 bridgehead atoms. The van der Waals surface area contributed by atoms with Crippen molar-refractivity contribution in [2.24, 2.45) is 5.73 Å². The molecule has 0 aliphatic carbocycles. The van der Waals surface area contributed by atoms with Crippen LogP contribution in [-0.4, -0.2) is 19.2 Å². The predicted octanol–water partition coefficient (Wildman–Crippen LogP) is 1.52. The van der Waals surface area contributed by atoms with Gasteiger partial charge in [-0.3, -0.25) is 9.71 Å². The number of para-hydroxylation sites is 1. The molecule has 0 aliphatic heterocycles. The van der Waals surface area contributed by atoms with Gasteiger partial charge in [0.25, 0.3) is 0 Å². The average molecular weight is 291 g/mol. The van der Waals surface area contributed by atoms with Crippen LogP contribution in [0.5, 0.6) is 0 Å². The van der Waals surface area contributed by atoms with Crippen LogP contribution < -0.4 is 10.5 Å². The number of rotatable bonds is 6. The number of nitrogens with one attached hydrogen (secondary N) is 1. The second-order valence-electron chi connectivity index (χ2n) is 4.39. The van der Waals surface area contributed by atoms with Gasteiger partial charge in [-0.25, -0.2) is 8.42 Å². The highest BCUT2D eigenvalue weighted by molar-refractivity contribution is 7.92. The molecule has 0 amide bonds. The minimum atomic E-state index is -3.39. The van der Waals surface area contributed by atoms with Crippen molar-refractivity contribution in [3.63, 3.8) is 0 Å². The van der Waals surface area contributed by atoms with Crippen molar-refractivity contribution in [1.82, 2.24) is 4.98 Å². The zero-order valence-corrected chi connectivity index (χ0v) is 11.8. The lowest BCUT2D eigenvalue weighted by Gasteiger charge is -2.11. The maximum Gasteiger partial charge on any atom is 0.233 e. The lowest BCUT2D eigenvalue weighted by atomic mass is 10.2. The summed E-state index contributed by atoms with van der Waals surface area (Å²) in [7, 11) is -3.39. The van der Waals surface area contributed by atoms with Gasteiger partial charge in [-0.2, -0.15) is 0 Å². The van der Waals surface area contributed by atoms with Crippen LogP contribution in [0.3, 0.4) is 0 Å². The third-order valence-electron chi connectivity index (χ3n) is 2.91. The van der Waals surface area contributed by atoms with Crippen LogP contribution in [0.4, 0.5) is 5.69 Å². The topological polar surface area (TPSA) is 85.1 Å². The Morgan fingerprint density at radius 3 is 2.50 bits per heavy atom. The van der Waals surface area contributed by atoms with Gasteiger partial charge in [-0.05, 0) is 35.7 Å². The maximum atomic E-state index is 12.1. The number of pyridine rings is 1. The van der Waals surface area contributed by atoms with E-state index >= 15 is 0 Å². The Hall–Kier alpha value is -1.92. The Morgan fingerprint density at radius 2 is 1.80 bits per heavy atom. The van der Waals surface area contributed by atoms with E-state index in [2.05, 4.69) is 9.71 Å². The number of nitrogens with two attached hydrogens (primary N) is 1. The molecule has 1 aromatic carbocycles. The Bertz CT molecular complexity index is 657. The second kappa shape index (κ2) is 6.49. The van der Waals surface area contributed by atoms with Crippen molar-refractivity contribution in [3.8, 4) is 0 Å². The summed E-state index contributed by atoms with van der Waals surface area (Å²) < 4.78 is 26.7. The van der Waals surface area contributed by atoms with Gasteiger partial charge in [0.1, 0.15) is 0 Å². The van der Waals surface area contributed by atoms with Crippen LogP contribution in [0.15, 0.2) is 48.8 Å². The van der Waals surface area contributed by atoms with E-state index in [1.54, 1.807) is 30.6 Å². The summed E-state index contributed by atoms with van der Waals surface area (Å²) >= 11 is 0. The van der Waals surface area contributed by atoms with Crippen LogP contribution in [0.1, 0.15) is 11.1 Å². The molecule has 2 aromatic rings. The second-order valence-corrected chi connectivity index (χ2v) is 6.23. The highest BCUT2D eigenvalue weighted by Gasteiger charge is 2.12. The maximum absolute atomic E-state index is 12.1. The molecular weight excluding hydrogens is 274 g/mol. The van der Waals surface area contributed by atoms with E-state index in [9.17, 15) is 8.42 Å². The fraction of sp³-hybridized carbons (Fsp3) is 0.214. The first kappa shape index (κ1) is 14.5. The molecule has 0 unspecified atom stereocenters. The van der Waals surface area contributed by atoms with Crippen molar-refractivity contribution in [3.05, 3.63) is 59.9 Å². The zero-order chi connectivity index (χ0) is 14.4. The quantitative estimate of drug-likeness (QED) is 0.845. The first-order valence-corrected chi connectivity index (χ1v) is 7.93. The average Bonchev–Trinajstić information content (AvgIpc) is 2.47. The molecule has 0 fully saturated rings. The van der Waals surface area contributed by atoms with E-state index in [1.807, 2.05) is 18.2 Å². The third kappa shape index (κ3) is 4.04. The van der Waals surface area contributed by atoms with E-state index in [1.165, 1.54) is 0 Å². The predicted molar refractivity (Wildman–Crippen MR) is 79.7 cm³/mol. The van der Waals surface area contributed by atoms with Crippen LogP contribution in [0, 0.1) is 0 Å². The van der Waals surface area contributed by atoms with Crippen LogP contribution in [-0.2, 0) is 23.0 Å². The van der Waals surface area contributed by atoms with Gasteiger partial charge >= 0.3 is 0 Å². The molecule has 0 atom stereocenters. The molecule has 5 nitrogen and oxygen atoms in total. The summed E-state index contributed by atoms with van der Waals surface area (Å²) in [5.74, 6) is 0.0237. The Kier molecular flexibility index (Phi) is 4.70. The van der Waals surface area contributed by atoms with Gasteiger partial charge in [0.05, 0.1) is 11.4 Å². The van der Waals surface area contributed by atoms with Gasteiger partial charge < -0.3 is 5.73 Å². The summed E-state index contributed by atoms with van der Waals surface area (Å²) in [6.07, 6.45) is 3.75. The number of anilines is 1. The Morgan fingerprint density at radius 1 is 1.10 bits per heavy atom. The zero-order valence-electron chi connectivity index (χ0n) is 11.0. The number of sulfonamides is 1. The number of hydrogen-bond donors (Lipinski definition) is 2. The summed E-state index contributed by atoms with van der Waals surface area (Å²) in [6.45, 7) is 0.295. The van der Waals surface area contributed by atoms with Gasteiger partial charge in [0.15, 0.2) is 0 Å². The van der Waals surface area contributed by atoms with Gasteiger partial charge in [0.2, 0.25) is 10.0 Å². The number of benzene rings is 1. The van der Waals surface area contributed by atoms with E-state index in [4.69, 9.17) is 5.73 Å². The Balaban J connectivity index is 2.04. The van der Waals surface area contributed by atoms with Crippen LogP contribution >= 0.6 is 0 Å². The van der Waals surface area contributed by atoms with Gasteiger partial charge in [-0.15, -0.1) is 0 Å². The largest absolute Gasteiger partial charge is 0.326 e. The number of aryl methyl sites for hydroxylation is 1. The Labute approximate surface area is 118 Å². The van der Waals surface area contributed by atoms with E-state index in [0.717, 1.165) is 11.1 Å². The van der Waals surface area contributed by atoms with Crippen LogP contribution in [0.25, 0.3) is 0 Å². The molecule has 0 spiro atoms. The number of nitrogens with zero attached hydrogens (tertiary/aromatic N) is 1. The third-order valence-corrected chi connectivity index (χ3v) is 4.18. The van der Waals surface area contributed by atoms with Crippen LogP contribution in [0.2, 0.25) is 0 Å². The van der Waals surface area contributed by atoms with E-state index in [-0.39, 0.29) is 5.75 Å². The summed E-state index contributed by atoms with van der Waals surface area (Å²) in [6, 6.07) is 10.7. The van der Waals surface area contributed by atoms with Crippen molar-refractivity contribution < 1.29 is 8.42 Å². The number of hydrogen-bond acceptors (Lipinski definition) is 4. The van der Waals surface area contributed by atoms with E-state index < -0.39 is 10.0 Å². The SMILES string of the molecule is NCc1ccccc1NS(=O)(=O)CCc1ccncc1. The molecule has 2 rings (SSSR count). The molecule has 1 aromatic heterocycles. The molecule has 0 aliphatic rings. The van der Waals surface area contributed by atoms with E-state index in [0.29, 0.717) is 18.7 Å². The van der Waals surface area contributed by atoms with Crippen molar-refractivity contribution in [2.75, 3.05) is 10.5 Å². The monoisotopic (exact) mass is 291 g/mol. The highest BCUT2D eigenvalue weighted by atomic mass is 32.2. The molecule has 0 radical (unpaired) electrons. The summed E-state index contributed by atoms with van der Waals surface area (Å²) in [5.41, 5.74) is 7.86. The normalized spacial score (nSPS) is 11.2. The molecule has 106 valence electrons. The highest BCUT2D eigenvalue weighted by Crippen LogP contribution is 2.16. The first-order valence-electron chi connectivity index (χ1n) is 6.28. The fourth-order valence-corrected chi connectivity index (χ4v) is 2.96. The van der Waals surface area contributed by atoms with Crippen molar-refractivity contribution in [1.29, 1.82) is 0 Å². The summed E-state index contributed by atoms with van der Waals surface area (Å²) in [5, 5.41) is 0. The van der Waals surface area contributed by atoms with Crippen molar-refractivity contribution >= 4 is 15.7 Å². The first-order chi connectivity index (χ1) is 9.61. The molecular formula is C14H17N3O2S. The molecule has 6 heteroatoms. The van der Waals surface area contributed by atoms with Gasteiger partial charge in [-0.1, -0.05) is 18.2 Å². The van der Waals surface area contributed by atoms with Crippen molar-refractivity contribution in [2.45, 2.75) is 13.0 Å². The molecule has 3 N–H and O–H groups in total. The fourth-order valence-electron chi connectivity index (χ4n) is 1.82. The molecule has 20 heavy (non-hydrogen) atoms. The lowest BCUT2D eigenvalue weighted by Crippen LogP contribution is -2.19. The lowest BCUT2D eigenvalue weighted by molar-refractivity contribution is 0.600. The molecule has 0 saturated carbocycles. The standard InChI is InChI=1S/C14H17N3O2S/c15-11-13-3-1-2-4-14(13)17-20(18,19)10-7-12-5-8-16-9-6-12/h1-6,8-9,17H,7,10-11,15H2. The molecule has 1 heterocycles.